The Labute approximate surface area is 198 Å². The molecule has 2 heterocycles. The van der Waals surface area contributed by atoms with E-state index >= 15 is 0 Å². The first-order valence-electron chi connectivity index (χ1n) is 10.4. The van der Waals surface area contributed by atoms with Gasteiger partial charge in [-0.05, 0) is 36.8 Å². The van der Waals surface area contributed by atoms with Gasteiger partial charge in [-0.1, -0.05) is 35.5 Å². The molecule has 3 aromatic rings. The van der Waals surface area contributed by atoms with Crippen LogP contribution in [0.5, 0.6) is 5.75 Å². The van der Waals surface area contributed by atoms with Crippen molar-refractivity contribution in [2.75, 3.05) is 25.2 Å². The first-order valence-corrected chi connectivity index (χ1v) is 12.5. The number of rotatable bonds is 7. The Morgan fingerprint density at radius 3 is 2.52 bits per heavy atom. The second kappa shape index (κ2) is 10.2. The van der Waals surface area contributed by atoms with Crippen LogP contribution < -0.4 is 9.64 Å². The Kier molecular flexibility index (Phi) is 7.10. The van der Waals surface area contributed by atoms with E-state index in [0.717, 1.165) is 28.3 Å². The molecule has 0 fully saturated rings. The Bertz CT molecular complexity index is 1190. The number of methoxy groups -OCH3 is 1. The number of esters is 1. The molecular weight excluding hydrogens is 460 g/mol. The fraction of sp³-hybridized carbons (Fsp3) is 0.250. The van der Waals surface area contributed by atoms with E-state index in [1.54, 1.807) is 14.0 Å². The van der Waals surface area contributed by atoms with Gasteiger partial charge in [-0.2, -0.15) is 0 Å². The zero-order valence-corrected chi connectivity index (χ0v) is 19.9. The van der Waals surface area contributed by atoms with Gasteiger partial charge < -0.3 is 19.6 Å². The van der Waals surface area contributed by atoms with E-state index in [0.29, 0.717) is 44.8 Å². The van der Waals surface area contributed by atoms with E-state index in [1.807, 2.05) is 59.5 Å². The lowest BCUT2D eigenvalue weighted by atomic mass is 10.00. The lowest BCUT2D eigenvalue weighted by Gasteiger charge is -2.30. The molecule has 0 radical (unpaired) electrons. The number of carbonyl (C=O) groups is 1. The van der Waals surface area contributed by atoms with Crippen LogP contribution >= 0.6 is 11.3 Å². The number of thiophene rings is 1. The van der Waals surface area contributed by atoms with Crippen LogP contribution in [0.4, 0.5) is 5.69 Å². The van der Waals surface area contributed by atoms with Gasteiger partial charge in [-0.3, -0.25) is 4.21 Å². The van der Waals surface area contributed by atoms with Gasteiger partial charge in [0.1, 0.15) is 20.5 Å². The van der Waals surface area contributed by atoms with E-state index in [-0.39, 0.29) is 6.61 Å². The number of anilines is 1. The molecule has 0 saturated carbocycles. The summed E-state index contributed by atoms with van der Waals surface area (Å²) in [4.78, 5) is 15.2. The normalized spacial score (nSPS) is 15.2. The predicted octanol–water partition coefficient (Wildman–Crippen LogP) is 4.44. The van der Waals surface area contributed by atoms with Crippen molar-refractivity contribution in [3.8, 4) is 5.75 Å². The van der Waals surface area contributed by atoms with Crippen LogP contribution in [-0.2, 0) is 27.8 Å². The van der Waals surface area contributed by atoms with Crippen molar-refractivity contribution in [2.45, 2.75) is 23.4 Å². The molecule has 2 aromatic carbocycles. The third kappa shape index (κ3) is 4.79. The largest absolute Gasteiger partial charge is 0.497 e. The molecule has 33 heavy (non-hydrogen) atoms. The van der Waals surface area contributed by atoms with Crippen molar-refractivity contribution < 1.29 is 23.7 Å². The Balaban J connectivity index is 1.76. The van der Waals surface area contributed by atoms with Crippen molar-refractivity contribution in [1.29, 1.82) is 0 Å². The minimum Gasteiger partial charge on any atom is -0.497 e. The molecular formula is C24H24N2O5S2. The number of hydrogen-bond acceptors (Lipinski definition) is 8. The maximum absolute atomic E-state index is 13.4. The summed E-state index contributed by atoms with van der Waals surface area (Å²) in [6, 6.07) is 17.0. The van der Waals surface area contributed by atoms with Crippen LogP contribution in [-0.4, -0.2) is 41.4 Å². The number of oxime groups is 1. The topological polar surface area (TPSA) is 88.4 Å². The van der Waals surface area contributed by atoms with E-state index in [2.05, 4.69) is 5.16 Å². The zero-order valence-electron chi connectivity index (χ0n) is 18.3. The third-order valence-electron chi connectivity index (χ3n) is 5.32. The fourth-order valence-electron chi connectivity index (χ4n) is 3.76. The summed E-state index contributed by atoms with van der Waals surface area (Å²) in [6.45, 7) is 2.69. The quantitative estimate of drug-likeness (QED) is 0.303. The first kappa shape index (κ1) is 23.0. The van der Waals surface area contributed by atoms with Gasteiger partial charge in [-0.15, -0.1) is 11.3 Å². The smallest absolute Gasteiger partial charge is 0.348 e. The monoisotopic (exact) mass is 484 g/mol. The summed E-state index contributed by atoms with van der Waals surface area (Å²) in [6.07, 6.45) is 0. The molecule has 1 aliphatic heterocycles. The number of fused-ring (bicyclic) bond motifs is 1. The lowest BCUT2D eigenvalue weighted by molar-refractivity contribution is 0.0531. The van der Waals surface area contributed by atoms with E-state index in [4.69, 9.17) is 9.47 Å². The van der Waals surface area contributed by atoms with Crippen LogP contribution in [0.1, 0.15) is 33.3 Å². The van der Waals surface area contributed by atoms with Crippen LogP contribution in [0.3, 0.4) is 0 Å². The summed E-state index contributed by atoms with van der Waals surface area (Å²) < 4.78 is 24.4. The van der Waals surface area contributed by atoms with Crippen LogP contribution in [0, 0.1) is 0 Å². The number of hydrogen-bond donors (Lipinski definition) is 1. The minimum absolute atomic E-state index is 0.233. The van der Waals surface area contributed by atoms with Crippen LogP contribution in [0.25, 0.3) is 0 Å². The first-order chi connectivity index (χ1) is 16.0. The van der Waals surface area contributed by atoms with Crippen molar-refractivity contribution in [3.05, 3.63) is 76.2 Å². The minimum atomic E-state index is -1.42. The van der Waals surface area contributed by atoms with Gasteiger partial charge in [0.05, 0.1) is 36.8 Å². The molecule has 0 saturated heterocycles. The second-order valence-corrected chi connectivity index (χ2v) is 10.0. The fourth-order valence-corrected chi connectivity index (χ4v) is 6.62. The second-order valence-electron chi connectivity index (χ2n) is 7.37. The van der Waals surface area contributed by atoms with Gasteiger partial charge >= 0.3 is 5.97 Å². The molecule has 0 spiro atoms. The number of benzene rings is 2. The van der Waals surface area contributed by atoms with Gasteiger partial charge in [-0.25, -0.2) is 4.79 Å². The van der Waals surface area contributed by atoms with E-state index in [9.17, 15) is 14.2 Å². The average Bonchev–Trinajstić information content (AvgIpc) is 3.24. The summed E-state index contributed by atoms with van der Waals surface area (Å²) in [5, 5.41) is 13.4. The predicted molar refractivity (Wildman–Crippen MR) is 129 cm³/mol. The summed E-state index contributed by atoms with van der Waals surface area (Å²) in [5.41, 5.74) is 3.44. The highest BCUT2D eigenvalue weighted by molar-refractivity contribution is 7.86. The molecule has 1 aromatic heterocycles. The highest BCUT2D eigenvalue weighted by Crippen LogP contribution is 2.38. The highest BCUT2D eigenvalue weighted by Gasteiger charge is 2.34. The van der Waals surface area contributed by atoms with Crippen molar-refractivity contribution in [2.24, 2.45) is 5.16 Å². The molecule has 7 nitrogen and oxygen atoms in total. The Hall–Kier alpha value is -3.17. The summed E-state index contributed by atoms with van der Waals surface area (Å²) in [7, 11) is 0.182. The molecule has 1 atom stereocenters. The Morgan fingerprint density at radius 1 is 1.15 bits per heavy atom. The zero-order chi connectivity index (χ0) is 23.4. The molecule has 0 aliphatic carbocycles. The van der Waals surface area contributed by atoms with Crippen molar-refractivity contribution in [1.82, 2.24) is 0 Å². The number of carbonyl (C=O) groups excluding carboxylic acids is 1. The van der Waals surface area contributed by atoms with E-state index in [1.165, 1.54) is 0 Å². The van der Waals surface area contributed by atoms with Gasteiger partial charge in [0.25, 0.3) is 0 Å². The van der Waals surface area contributed by atoms with Crippen molar-refractivity contribution >= 4 is 39.5 Å². The molecule has 1 N–H and O–H groups in total. The average molecular weight is 485 g/mol. The standard InChI is InChI=1S/C24H24N2O5S2/c1-3-31-23(27)22-19-13-26(17-9-11-18(30-2)12-10-17)14-20(25-28)21(19)24(32-22)33(29)15-16-7-5-4-6-8-16/h4-12,28H,3,13-15H2,1-2H3/b25-20+. The van der Waals surface area contributed by atoms with Gasteiger partial charge in [0.2, 0.25) is 0 Å². The van der Waals surface area contributed by atoms with Crippen LogP contribution in [0.2, 0.25) is 0 Å². The molecule has 9 heteroatoms. The Morgan fingerprint density at radius 2 is 1.88 bits per heavy atom. The van der Waals surface area contributed by atoms with Crippen LogP contribution in [0.15, 0.2) is 64.0 Å². The molecule has 1 aliphatic rings. The molecule has 0 bridgehead atoms. The summed E-state index contributed by atoms with van der Waals surface area (Å²) in [5.74, 6) is 0.571. The molecule has 172 valence electrons. The maximum Gasteiger partial charge on any atom is 0.348 e. The number of ether oxygens (including phenoxy) is 2. The molecule has 1 unspecified atom stereocenters. The third-order valence-corrected chi connectivity index (χ3v) is 8.35. The number of nitrogens with zero attached hydrogens (tertiary/aromatic N) is 2. The van der Waals surface area contributed by atoms with Crippen molar-refractivity contribution in [3.63, 3.8) is 0 Å². The molecule has 0 amide bonds. The lowest BCUT2D eigenvalue weighted by Crippen LogP contribution is -2.36. The maximum atomic E-state index is 13.4. The van der Waals surface area contributed by atoms with Gasteiger partial charge in [0, 0.05) is 23.4 Å². The van der Waals surface area contributed by atoms with Gasteiger partial charge in [0.15, 0.2) is 0 Å². The molecule has 4 rings (SSSR count). The highest BCUT2D eigenvalue weighted by atomic mass is 32.2. The summed E-state index contributed by atoms with van der Waals surface area (Å²) >= 11 is 1.16. The van der Waals surface area contributed by atoms with E-state index < -0.39 is 16.8 Å². The SMILES string of the molecule is CCOC(=O)c1sc(S(=O)Cc2ccccc2)c2c1CN(c1ccc(OC)cc1)C/C2=N\O.